The molecule has 4 nitrogen and oxygen atoms in total. The lowest BCUT2D eigenvalue weighted by atomic mass is 9.84. The van der Waals surface area contributed by atoms with Crippen molar-refractivity contribution in [2.45, 2.75) is 19.8 Å². The standard InChI is InChI=1S/C14H29N3O/c1-2-16-5-3-13(4-6-16)14(11-15)12-17-7-9-18-10-8-17/h13-14H,2-12,15H2,1H3. The number of likely N-dealkylation sites (tertiary alicyclic amines) is 1. The second kappa shape index (κ2) is 7.43. The van der Waals surface area contributed by atoms with Crippen LogP contribution in [0, 0.1) is 11.8 Å². The number of morpholine rings is 1. The van der Waals surface area contributed by atoms with Crippen molar-refractivity contribution >= 4 is 0 Å². The molecule has 1 unspecified atom stereocenters. The van der Waals surface area contributed by atoms with Crippen LogP contribution in [0.5, 0.6) is 0 Å². The number of hydrogen-bond donors (Lipinski definition) is 1. The maximum Gasteiger partial charge on any atom is 0.0594 e. The maximum atomic E-state index is 6.02. The molecule has 0 bridgehead atoms. The van der Waals surface area contributed by atoms with E-state index in [0.29, 0.717) is 5.92 Å². The third-order valence-electron chi connectivity index (χ3n) is 4.65. The van der Waals surface area contributed by atoms with Crippen LogP contribution in [0.2, 0.25) is 0 Å². The molecular weight excluding hydrogens is 226 g/mol. The van der Waals surface area contributed by atoms with E-state index in [4.69, 9.17) is 10.5 Å². The van der Waals surface area contributed by atoms with Crippen LogP contribution in [0.25, 0.3) is 0 Å². The first-order chi connectivity index (χ1) is 8.83. The molecule has 2 fully saturated rings. The predicted octanol–water partition coefficient (Wildman–Crippen LogP) is 0.625. The summed E-state index contributed by atoms with van der Waals surface area (Å²) >= 11 is 0. The van der Waals surface area contributed by atoms with E-state index in [9.17, 15) is 0 Å². The van der Waals surface area contributed by atoms with Gasteiger partial charge in [-0.2, -0.15) is 0 Å². The van der Waals surface area contributed by atoms with Gasteiger partial charge >= 0.3 is 0 Å². The highest BCUT2D eigenvalue weighted by Gasteiger charge is 2.27. The van der Waals surface area contributed by atoms with Crippen LogP contribution in [0.3, 0.4) is 0 Å². The average Bonchev–Trinajstić information content (AvgIpc) is 2.46. The molecule has 2 rings (SSSR count). The molecule has 0 aromatic heterocycles. The van der Waals surface area contributed by atoms with E-state index in [1.54, 1.807) is 0 Å². The van der Waals surface area contributed by atoms with E-state index in [2.05, 4.69) is 16.7 Å². The summed E-state index contributed by atoms with van der Waals surface area (Å²) in [6.07, 6.45) is 2.67. The molecule has 0 radical (unpaired) electrons. The Hall–Kier alpha value is -0.160. The molecule has 0 amide bonds. The molecule has 2 aliphatic heterocycles. The Morgan fingerprint density at radius 1 is 1.11 bits per heavy atom. The summed E-state index contributed by atoms with van der Waals surface area (Å²) in [7, 11) is 0. The summed E-state index contributed by atoms with van der Waals surface area (Å²) < 4.78 is 5.41. The van der Waals surface area contributed by atoms with Gasteiger partial charge in [-0.3, -0.25) is 4.90 Å². The van der Waals surface area contributed by atoms with E-state index in [1.165, 1.54) is 39.0 Å². The number of nitrogens with zero attached hydrogens (tertiary/aromatic N) is 2. The molecular formula is C14H29N3O. The molecule has 1 atom stereocenters. The SMILES string of the molecule is CCN1CCC(C(CN)CN2CCOCC2)CC1. The van der Waals surface area contributed by atoms with Crippen LogP contribution < -0.4 is 5.73 Å². The van der Waals surface area contributed by atoms with Gasteiger partial charge in [-0.1, -0.05) is 6.92 Å². The minimum Gasteiger partial charge on any atom is -0.379 e. The van der Waals surface area contributed by atoms with E-state index < -0.39 is 0 Å². The second-order valence-corrected chi connectivity index (χ2v) is 5.68. The Morgan fingerprint density at radius 2 is 1.78 bits per heavy atom. The van der Waals surface area contributed by atoms with Crippen molar-refractivity contribution in [2.75, 3.05) is 59.0 Å². The highest BCUT2D eigenvalue weighted by molar-refractivity contribution is 4.80. The predicted molar refractivity (Wildman–Crippen MR) is 74.6 cm³/mol. The van der Waals surface area contributed by atoms with E-state index in [0.717, 1.165) is 38.8 Å². The van der Waals surface area contributed by atoms with Crippen LogP contribution >= 0.6 is 0 Å². The molecule has 18 heavy (non-hydrogen) atoms. The second-order valence-electron chi connectivity index (χ2n) is 5.68. The molecule has 0 aliphatic carbocycles. The maximum absolute atomic E-state index is 6.02. The highest BCUT2D eigenvalue weighted by atomic mass is 16.5. The van der Waals surface area contributed by atoms with Crippen molar-refractivity contribution in [3.8, 4) is 0 Å². The number of ether oxygens (including phenoxy) is 1. The lowest BCUT2D eigenvalue weighted by Crippen LogP contribution is -2.45. The van der Waals surface area contributed by atoms with Gasteiger partial charge in [0.2, 0.25) is 0 Å². The summed E-state index contributed by atoms with van der Waals surface area (Å²) in [5.41, 5.74) is 6.02. The van der Waals surface area contributed by atoms with Gasteiger partial charge in [0.25, 0.3) is 0 Å². The Morgan fingerprint density at radius 3 is 2.33 bits per heavy atom. The topological polar surface area (TPSA) is 41.7 Å². The average molecular weight is 255 g/mol. The number of piperidine rings is 1. The van der Waals surface area contributed by atoms with Gasteiger partial charge in [0.1, 0.15) is 0 Å². The number of hydrogen-bond acceptors (Lipinski definition) is 4. The van der Waals surface area contributed by atoms with Gasteiger partial charge in [-0.15, -0.1) is 0 Å². The van der Waals surface area contributed by atoms with Crippen molar-refractivity contribution in [1.82, 2.24) is 9.80 Å². The Labute approximate surface area is 111 Å². The zero-order valence-electron chi connectivity index (χ0n) is 11.8. The molecule has 2 aliphatic rings. The fourth-order valence-electron chi connectivity index (χ4n) is 3.27. The highest BCUT2D eigenvalue weighted by Crippen LogP contribution is 2.25. The van der Waals surface area contributed by atoms with Crippen LogP contribution in [0.4, 0.5) is 0 Å². The smallest absolute Gasteiger partial charge is 0.0594 e. The van der Waals surface area contributed by atoms with Crippen LogP contribution in [-0.2, 0) is 4.74 Å². The molecule has 0 saturated carbocycles. The minimum atomic E-state index is 0.683. The van der Waals surface area contributed by atoms with Crippen LogP contribution in [-0.4, -0.2) is 68.8 Å². The normalized spacial score (nSPS) is 26.3. The van der Waals surface area contributed by atoms with Gasteiger partial charge in [-0.05, 0) is 50.9 Å². The largest absolute Gasteiger partial charge is 0.379 e. The summed E-state index contributed by atoms with van der Waals surface area (Å²) in [6, 6.07) is 0. The molecule has 2 heterocycles. The lowest BCUT2D eigenvalue weighted by molar-refractivity contribution is 0.0223. The third-order valence-corrected chi connectivity index (χ3v) is 4.65. The van der Waals surface area contributed by atoms with Crippen LogP contribution in [0.1, 0.15) is 19.8 Å². The summed E-state index contributed by atoms with van der Waals surface area (Å²) in [5.74, 6) is 1.52. The van der Waals surface area contributed by atoms with E-state index >= 15 is 0 Å². The number of nitrogens with two attached hydrogens (primary N) is 1. The fraction of sp³-hybridized carbons (Fsp3) is 1.00. The zero-order valence-corrected chi connectivity index (χ0v) is 11.8. The van der Waals surface area contributed by atoms with Crippen molar-refractivity contribution < 1.29 is 4.74 Å². The molecule has 4 heteroatoms. The summed E-state index contributed by atoms with van der Waals surface area (Å²) in [4.78, 5) is 5.09. The summed E-state index contributed by atoms with van der Waals surface area (Å²) in [5, 5.41) is 0. The quantitative estimate of drug-likeness (QED) is 0.782. The van der Waals surface area contributed by atoms with Crippen molar-refractivity contribution in [3.05, 3.63) is 0 Å². The first-order valence-corrected chi connectivity index (χ1v) is 7.56. The third kappa shape index (κ3) is 3.92. The molecule has 2 saturated heterocycles. The molecule has 0 spiro atoms. The molecule has 0 aromatic carbocycles. The fourth-order valence-corrected chi connectivity index (χ4v) is 3.27. The van der Waals surface area contributed by atoms with Gasteiger partial charge in [0.05, 0.1) is 13.2 Å². The minimum absolute atomic E-state index is 0.683. The van der Waals surface area contributed by atoms with Crippen LogP contribution in [0.15, 0.2) is 0 Å². The van der Waals surface area contributed by atoms with Gasteiger partial charge in [-0.25, -0.2) is 0 Å². The number of rotatable bonds is 5. The van der Waals surface area contributed by atoms with Gasteiger partial charge in [0, 0.05) is 19.6 Å². The van der Waals surface area contributed by atoms with Crippen molar-refractivity contribution in [1.29, 1.82) is 0 Å². The van der Waals surface area contributed by atoms with Crippen molar-refractivity contribution in [3.63, 3.8) is 0 Å². The van der Waals surface area contributed by atoms with Gasteiger partial charge in [0.15, 0.2) is 0 Å². The molecule has 106 valence electrons. The Balaban J connectivity index is 1.77. The van der Waals surface area contributed by atoms with E-state index in [1.807, 2.05) is 0 Å². The van der Waals surface area contributed by atoms with Crippen molar-refractivity contribution in [2.24, 2.45) is 17.6 Å². The first-order valence-electron chi connectivity index (χ1n) is 7.56. The Bertz CT molecular complexity index is 223. The molecule has 0 aromatic rings. The monoisotopic (exact) mass is 255 g/mol. The molecule has 2 N–H and O–H groups in total. The zero-order chi connectivity index (χ0) is 12.8. The van der Waals surface area contributed by atoms with E-state index in [-0.39, 0.29) is 0 Å². The summed E-state index contributed by atoms with van der Waals surface area (Å²) in [6.45, 7) is 12.0. The Kier molecular flexibility index (Phi) is 5.89. The first kappa shape index (κ1) is 14.3. The lowest BCUT2D eigenvalue weighted by Gasteiger charge is -2.38. The van der Waals surface area contributed by atoms with Gasteiger partial charge < -0.3 is 15.4 Å².